The lowest BCUT2D eigenvalue weighted by molar-refractivity contribution is -0.118. The molecule has 1 amide bonds. The Kier molecular flexibility index (Phi) is 5.63. The maximum absolute atomic E-state index is 12.7. The first-order valence-corrected chi connectivity index (χ1v) is 7.64. The molecule has 0 aliphatic heterocycles. The molecular formula is C19H23NO3. The normalized spacial score (nSPS) is 11.9. The van der Waals surface area contributed by atoms with E-state index in [1.165, 1.54) is 0 Å². The number of hydrogen-bond donors (Lipinski definition) is 1. The predicted octanol–water partition coefficient (Wildman–Crippen LogP) is 4.08. The number of para-hydroxylation sites is 1. The topological polar surface area (TPSA) is 47.6 Å². The molecule has 0 saturated heterocycles. The van der Waals surface area contributed by atoms with Gasteiger partial charge in [-0.1, -0.05) is 38.1 Å². The number of ether oxygens (including phenoxy) is 2. The minimum absolute atomic E-state index is 0.0292. The molecule has 0 aromatic heterocycles. The quantitative estimate of drug-likeness (QED) is 0.874. The Morgan fingerprint density at radius 1 is 0.957 bits per heavy atom. The van der Waals surface area contributed by atoms with E-state index in [2.05, 4.69) is 5.32 Å². The van der Waals surface area contributed by atoms with E-state index in [1.54, 1.807) is 14.2 Å². The summed E-state index contributed by atoms with van der Waals surface area (Å²) in [6.07, 6.45) is 0. The van der Waals surface area contributed by atoms with Crippen LogP contribution in [0.25, 0.3) is 0 Å². The minimum atomic E-state index is -0.269. The number of amides is 1. The smallest absolute Gasteiger partial charge is 0.232 e. The van der Waals surface area contributed by atoms with Crippen LogP contribution in [-0.4, -0.2) is 20.1 Å². The lowest BCUT2D eigenvalue weighted by Gasteiger charge is -2.22. The van der Waals surface area contributed by atoms with E-state index in [1.807, 2.05) is 62.4 Å². The zero-order valence-corrected chi connectivity index (χ0v) is 14.0. The molecule has 1 atom stereocenters. The summed E-state index contributed by atoms with van der Waals surface area (Å²) in [7, 11) is 3.19. The van der Waals surface area contributed by atoms with Crippen LogP contribution in [0, 0.1) is 5.92 Å². The standard InChI is InChI=1S/C19H23NO3/c1-13(2)18(19(21)20-15-8-6-5-7-9-15)14-10-11-16(22-3)17(12-14)23-4/h5-13,18H,1-4H3,(H,20,21). The molecule has 4 nitrogen and oxygen atoms in total. The molecule has 0 fully saturated rings. The summed E-state index contributed by atoms with van der Waals surface area (Å²) in [5.74, 6) is 1.13. The summed E-state index contributed by atoms with van der Waals surface area (Å²) in [5, 5.41) is 2.98. The number of carbonyl (C=O) groups excluding carboxylic acids is 1. The summed E-state index contributed by atoms with van der Waals surface area (Å²) in [6.45, 7) is 4.07. The number of methoxy groups -OCH3 is 2. The third-order valence-electron chi connectivity index (χ3n) is 3.76. The number of anilines is 1. The fourth-order valence-corrected chi connectivity index (χ4v) is 2.63. The molecule has 2 aromatic rings. The van der Waals surface area contributed by atoms with Crippen LogP contribution in [-0.2, 0) is 4.79 Å². The van der Waals surface area contributed by atoms with Gasteiger partial charge in [0.05, 0.1) is 20.1 Å². The highest BCUT2D eigenvalue weighted by Crippen LogP contribution is 2.34. The molecule has 0 aliphatic rings. The molecule has 0 radical (unpaired) electrons. The highest BCUT2D eigenvalue weighted by molar-refractivity contribution is 5.96. The average molecular weight is 313 g/mol. The number of benzene rings is 2. The van der Waals surface area contributed by atoms with Gasteiger partial charge in [-0.2, -0.15) is 0 Å². The van der Waals surface area contributed by atoms with Crippen LogP contribution in [0.4, 0.5) is 5.69 Å². The van der Waals surface area contributed by atoms with E-state index in [9.17, 15) is 4.79 Å². The van der Waals surface area contributed by atoms with Gasteiger partial charge in [0.15, 0.2) is 11.5 Å². The van der Waals surface area contributed by atoms with Crippen molar-refractivity contribution < 1.29 is 14.3 Å². The fraction of sp³-hybridized carbons (Fsp3) is 0.316. The van der Waals surface area contributed by atoms with E-state index in [0.29, 0.717) is 11.5 Å². The van der Waals surface area contributed by atoms with Crippen molar-refractivity contribution in [1.82, 2.24) is 0 Å². The Morgan fingerprint density at radius 2 is 1.61 bits per heavy atom. The molecule has 0 aliphatic carbocycles. The Labute approximate surface area is 137 Å². The van der Waals surface area contributed by atoms with Crippen molar-refractivity contribution in [2.24, 2.45) is 5.92 Å². The van der Waals surface area contributed by atoms with Crippen LogP contribution in [0.2, 0.25) is 0 Å². The second kappa shape index (κ2) is 7.68. The molecule has 0 heterocycles. The summed E-state index contributed by atoms with van der Waals surface area (Å²) in [6, 6.07) is 15.1. The van der Waals surface area contributed by atoms with Crippen LogP contribution in [0.1, 0.15) is 25.3 Å². The van der Waals surface area contributed by atoms with Crippen molar-refractivity contribution >= 4 is 11.6 Å². The molecule has 1 N–H and O–H groups in total. The van der Waals surface area contributed by atoms with E-state index in [4.69, 9.17) is 9.47 Å². The Morgan fingerprint density at radius 3 is 2.17 bits per heavy atom. The van der Waals surface area contributed by atoms with E-state index in [-0.39, 0.29) is 17.7 Å². The Bertz CT molecular complexity index is 653. The van der Waals surface area contributed by atoms with Gasteiger partial charge in [-0.25, -0.2) is 0 Å². The van der Waals surface area contributed by atoms with Gasteiger partial charge in [-0.15, -0.1) is 0 Å². The van der Waals surface area contributed by atoms with Crippen molar-refractivity contribution in [2.45, 2.75) is 19.8 Å². The van der Waals surface area contributed by atoms with Crippen molar-refractivity contribution in [3.05, 3.63) is 54.1 Å². The van der Waals surface area contributed by atoms with Crippen molar-refractivity contribution in [2.75, 3.05) is 19.5 Å². The highest BCUT2D eigenvalue weighted by Gasteiger charge is 2.25. The van der Waals surface area contributed by atoms with Crippen LogP contribution >= 0.6 is 0 Å². The van der Waals surface area contributed by atoms with Gasteiger partial charge in [0.1, 0.15) is 0 Å². The first-order valence-electron chi connectivity index (χ1n) is 7.64. The van der Waals surface area contributed by atoms with E-state index < -0.39 is 0 Å². The van der Waals surface area contributed by atoms with Gasteiger partial charge in [-0.3, -0.25) is 4.79 Å². The number of carbonyl (C=O) groups is 1. The molecule has 23 heavy (non-hydrogen) atoms. The molecule has 2 rings (SSSR count). The van der Waals surface area contributed by atoms with E-state index >= 15 is 0 Å². The highest BCUT2D eigenvalue weighted by atomic mass is 16.5. The lowest BCUT2D eigenvalue weighted by Crippen LogP contribution is -2.25. The van der Waals surface area contributed by atoms with Crippen LogP contribution in [0.3, 0.4) is 0 Å². The Balaban J connectivity index is 2.29. The molecular weight excluding hydrogens is 290 g/mol. The van der Waals surface area contributed by atoms with E-state index in [0.717, 1.165) is 11.3 Å². The summed E-state index contributed by atoms with van der Waals surface area (Å²) >= 11 is 0. The zero-order valence-electron chi connectivity index (χ0n) is 14.0. The molecule has 122 valence electrons. The summed E-state index contributed by atoms with van der Waals surface area (Å²) < 4.78 is 10.6. The molecule has 0 spiro atoms. The van der Waals surface area contributed by atoms with Crippen molar-refractivity contribution in [3.8, 4) is 11.5 Å². The first kappa shape index (κ1) is 16.9. The number of nitrogens with one attached hydrogen (secondary N) is 1. The van der Waals surface area contributed by atoms with Gasteiger partial charge in [0.25, 0.3) is 0 Å². The Hall–Kier alpha value is -2.49. The second-order valence-electron chi connectivity index (χ2n) is 5.69. The number of hydrogen-bond acceptors (Lipinski definition) is 3. The third kappa shape index (κ3) is 4.03. The van der Waals surface area contributed by atoms with Crippen LogP contribution < -0.4 is 14.8 Å². The van der Waals surface area contributed by atoms with Gasteiger partial charge in [-0.05, 0) is 35.7 Å². The largest absolute Gasteiger partial charge is 0.493 e. The summed E-state index contributed by atoms with van der Waals surface area (Å²) in [4.78, 5) is 12.7. The maximum Gasteiger partial charge on any atom is 0.232 e. The maximum atomic E-state index is 12.7. The first-order chi connectivity index (χ1) is 11.1. The molecule has 2 aromatic carbocycles. The zero-order chi connectivity index (χ0) is 16.8. The molecule has 4 heteroatoms. The molecule has 0 saturated carbocycles. The lowest BCUT2D eigenvalue weighted by atomic mass is 9.87. The van der Waals surface area contributed by atoms with Crippen LogP contribution in [0.5, 0.6) is 11.5 Å². The van der Waals surface area contributed by atoms with Gasteiger partial charge in [0, 0.05) is 5.69 Å². The van der Waals surface area contributed by atoms with Crippen molar-refractivity contribution in [1.29, 1.82) is 0 Å². The SMILES string of the molecule is COc1ccc(C(C(=O)Nc2ccccc2)C(C)C)cc1OC. The fourth-order valence-electron chi connectivity index (χ4n) is 2.63. The van der Waals surface area contributed by atoms with Gasteiger partial charge < -0.3 is 14.8 Å². The average Bonchev–Trinajstić information content (AvgIpc) is 2.55. The second-order valence-corrected chi connectivity index (χ2v) is 5.69. The summed E-state index contributed by atoms with van der Waals surface area (Å²) in [5.41, 5.74) is 1.70. The molecule has 1 unspecified atom stereocenters. The monoisotopic (exact) mass is 313 g/mol. The van der Waals surface area contributed by atoms with Crippen molar-refractivity contribution in [3.63, 3.8) is 0 Å². The minimum Gasteiger partial charge on any atom is -0.493 e. The van der Waals surface area contributed by atoms with Gasteiger partial charge in [0.2, 0.25) is 5.91 Å². The van der Waals surface area contributed by atoms with Crippen LogP contribution in [0.15, 0.2) is 48.5 Å². The third-order valence-corrected chi connectivity index (χ3v) is 3.76. The van der Waals surface area contributed by atoms with Gasteiger partial charge >= 0.3 is 0 Å². The number of rotatable bonds is 6. The molecule has 0 bridgehead atoms. The predicted molar refractivity (Wildman–Crippen MR) is 92.2 cm³/mol.